The van der Waals surface area contributed by atoms with Gasteiger partial charge >= 0.3 is 0 Å². The first-order valence-corrected chi connectivity index (χ1v) is 9.50. The second-order valence-corrected chi connectivity index (χ2v) is 6.52. The van der Waals surface area contributed by atoms with E-state index < -0.39 is 0 Å². The lowest BCUT2D eigenvalue weighted by molar-refractivity contribution is 0.0927. The van der Waals surface area contributed by atoms with Crippen molar-refractivity contribution >= 4 is 27.7 Å². The lowest BCUT2D eigenvalue weighted by atomic mass is 10.2. The number of hydrogen-bond acceptors (Lipinski definition) is 5. The molecule has 0 heterocycles. The first kappa shape index (κ1) is 21.6. The Labute approximate surface area is 172 Å². The van der Waals surface area contributed by atoms with Gasteiger partial charge in [0, 0.05) is 24.2 Å². The Morgan fingerprint density at radius 1 is 0.929 bits per heavy atom. The summed E-state index contributed by atoms with van der Waals surface area (Å²) >= 11 is 3.39. The normalized spacial score (nSPS) is 10.1. The molecule has 0 unspecified atom stereocenters. The van der Waals surface area contributed by atoms with E-state index in [-0.39, 0.29) is 18.4 Å². The molecule has 0 radical (unpaired) electrons. The highest BCUT2D eigenvalue weighted by Gasteiger charge is 2.15. The SMILES string of the molecule is CCOc1c(Br)cc(C(=O)NCCNC(=O)c2ccc(OC)cc2)cc1OC. The summed E-state index contributed by atoms with van der Waals surface area (Å²) in [4.78, 5) is 24.4. The molecule has 0 fully saturated rings. The molecule has 28 heavy (non-hydrogen) atoms. The zero-order valence-electron chi connectivity index (χ0n) is 16.0. The molecule has 0 saturated carbocycles. The number of rotatable bonds is 9. The molecule has 0 atom stereocenters. The second kappa shape index (κ2) is 10.6. The third-order valence-corrected chi connectivity index (χ3v) is 4.42. The van der Waals surface area contributed by atoms with Gasteiger partial charge in [-0.15, -0.1) is 0 Å². The maximum Gasteiger partial charge on any atom is 0.251 e. The number of ether oxygens (including phenoxy) is 3. The quantitative estimate of drug-likeness (QED) is 0.573. The van der Waals surface area contributed by atoms with Gasteiger partial charge in [0.2, 0.25) is 0 Å². The van der Waals surface area contributed by atoms with Crippen LogP contribution in [-0.4, -0.2) is 45.7 Å². The Kier molecular flexibility index (Phi) is 8.13. The highest BCUT2D eigenvalue weighted by Crippen LogP contribution is 2.36. The van der Waals surface area contributed by atoms with Crippen LogP contribution >= 0.6 is 15.9 Å². The molecule has 2 aromatic rings. The van der Waals surface area contributed by atoms with E-state index in [1.54, 1.807) is 43.5 Å². The van der Waals surface area contributed by atoms with Crippen molar-refractivity contribution in [1.82, 2.24) is 10.6 Å². The largest absolute Gasteiger partial charge is 0.497 e. The molecule has 0 saturated heterocycles. The van der Waals surface area contributed by atoms with Crippen molar-refractivity contribution in [2.45, 2.75) is 6.92 Å². The molecule has 0 aliphatic carbocycles. The third-order valence-electron chi connectivity index (χ3n) is 3.83. The molecular formula is C20H23BrN2O5. The van der Waals surface area contributed by atoms with E-state index >= 15 is 0 Å². The standard InChI is InChI=1S/C20H23BrN2O5/c1-4-28-18-16(21)11-14(12-17(18)27-3)20(25)23-10-9-22-19(24)13-5-7-15(26-2)8-6-13/h5-8,11-12H,4,9-10H2,1-3H3,(H,22,24)(H,23,25). The van der Waals surface area contributed by atoms with E-state index in [4.69, 9.17) is 14.2 Å². The highest BCUT2D eigenvalue weighted by molar-refractivity contribution is 9.10. The number of methoxy groups -OCH3 is 2. The average Bonchev–Trinajstić information content (AvgIpc) is 2.72. The summed E-state index contributed by atoms with van der Waals surface area (Å²) in [5.41, 5.74) is 0.945. The van der Waals surface area contributed by atoms with Gasteiger partial charge in [-0.25, -0.2) is 0 Å². The molecule has 7 nitrogen and oxygen atoms in total. The Hall–Kier alpha value is -2.74. The molecule has 0 bridgehead atoms. The van der Waals surface area contributed by atoms with Crippen molar-refractivity contribution in [1.29, 1.82) is 0 Å². The van der Waals surface area contributed by atoms with Gasteiger partial charge in [-0.05, 0) is 59.3 Å². The van der Waals surface area contributed by atoms with Crippen molar-refractivity contribution < 1.29 is 23.8 Å². The van der Waals surface area contributed by atoms with Gasteiger partial charge < -0.3 is 24.8 Å². The molecule has 2 amide bonds. The summed E-state index contributed by atoms with van der Waals surface area (Å²) in [5.74, 6) is 1.20. The van der Waals surface area contributed by atoms with Gasteiger partial charge in [0.15, 0.2) is 11.5 Å². The minimum Gasteiger partial charge on any atom is -0.497 e. The van der Waals surface area contributed by atoms with Crippen molar-refractivity contribution in [3.05, 3.63) is 52.0 Å². The number of carbonyl (C=O) groups excluding carboxylic acids is 2. The zero-order chi connectivity index (χ0) is 20.5. The van der Waals surface area contributed by atoms with E-state index in [9.17, 15) is 9.59 Å². The molecule has 0 aliphatic rings. The fourth-order valence-corrected chi connectivity index (χ4v) is 2.99. The average molecular weight is 451 g/mol. The van der Waals surface area contributed by atoms with Crippen molar-refractivity contribution in [2.24, 2.45) is 0 Å². The van der Waals surface area contributed by atoms with Gasteiger partial charge in [-0.2, -0.15) is 0 Å². The van der Waals surface area contributed by atoms with Crippen molar-refractivity contribution in [3.63, 3.8) is 0 Å². The fourth-order valence-electron chi connectivity index (χ4n) is 2.43. The number of carbonyl (C=O) groups is 2. The van der Waals surface area contributed by atoms with Crippen LogP contribution in [-0.2, 0) is 0 Å². The number of hydrogen-bond donors (Lipinski definition) is 2. The number of nitrogens with one attached hydrogen (secondary N) is 2. The fraction of sp³-hybridized carbons (Fsp3) is 0.300. The zero-order valence-corrected chi connectivity index (χ0v) is 17.6. The van der Waals surface area contributed by atoms with Crippen molar-refractivity contribution in [3.8, 4) is 17.2 Å². The Balaban J connectivity index is 1.88. The molecule has 2 aromatic carbocycles. The second-order valence-electron chi connectivity index (χ2n) is 5.66. The monoisotopic (exact) mass is 450 g/mol. The Morgan fingerprint density at radius 2 is 1.54 bits per heavy atom. The first-order chi connectivity index (χ1) is 13.5. The lowest BCUT2D eigenvalue weighted by Crippen LogP contribution is -2.34. The maximum absolute atomic E-state index is 12.4. The topological polar surface area (TPSA) is 85.9 Å². The lowest BCUT2D eigenvalue weighted by Gasteiger charge is -2.13. The van der Waals surface area contributed by atoms with E-state index in [1.807, 2.05) is 6.92 Å². The molecule has 8 heteroatoms. The Bertz CT molecular complexity index is 824. The molecular weight excluding hydrogens is 428 g/mol. The van der Waals surface area contributed by atoms with Gasteiger partial charge in [-0.3, -0.25) is 9.59 Å². The van der Waals surface area contributed by atoms with E-state index in [0.29, 0.717) is 46.0 Å². The summed E-state index contributed by atoms with van der Waals surface area (Å²) in [5, 5.41) is 5.52. The summed E-state index contributed by atoms with van der Waals surface area (Å²) in [7, 11) is 3.08. The van der Waals surface area contributed by atoms with Gasteiger partial charge in [0.1, 0.15) is 5.75 Å². The van der Waals surface area contributed by atoms with Gasteiger partial charge in [0.25, 0.3) is 11.8 Å². The summed E-state index contributed by atoms with van der Waals surface area (Å²) < 4.78 is 16.5. The van der Waals surface area contributed by atoms with Crippen LogP contribution in [0.25, 0.3) is 0 Å². The molecule has 0 aromatic heterocycles. The van der Waals surface area contributed by atoms with E-state index in [1.165, 1.54) is 7.11 Å². The number of benzene rings is 2. The van der Waals surface area contributed by atoms with Crippen LogP contribution in [0.4, 0.5) is 0 Å². The van der Waals surface area contributed by atoms with Crippen molar-refractivity contribution in [2.75, 3.05) is 33.9 Å². The number of amides is 2. The molecule has 2 rings (SSSR count). The summed E-state index contributed by atoms with van der Waals surface area (Å²) in [6, 6.07) is 10.1. The molecule has 0 aliphatic heterocycles. The van der Waals surface area contributed by atoms with Crippen LogP contribution in [0.2, 0.25) is 0 Å². The van der Waals surface area contributed by atoms with E-state index in [2.05, 4.69) is 26.6 Å². The van der Waals surface area contributed by atoms with Gasteiger partial charge in [0.05, 0.1) is 25.3 Å². The number of halogens is 1. The smallest absolute Gasteiger partial charge is 0.251 e. The van der Waals surface area contributed by atoms with Crippen LogP contribution in [0.15, 0.2) is 40.9 Å². The minimum absolute atomic E-state index is 0.220. The van der Waals surface area contributed by atoms with Crippen LogP contribution < -0.4 is 24.8 Å². The minimum atomic E-state index is -0.277. The predicted molar refractivity (Wildman–Crippen MR) is 110 cm³/mol. The summed E-state index contributed by atoms with van der Waals surface area (Å²) in [6.45, 7) is 2.93. The molecule has 0 spiro atoms. The van der Waals surface area contributed by atoms with Crippen LogP contribution in [0.1, 0.15) is 27.6 Å². The van der Waals surface area contributed by atoms with Gasteiger partial charge in [-0.1, -0.05) is 0 Å². The van der Waals surface area contributed by atoms with E-state index in [0.717, 1.165) is 0 Å². The molecule has 150 valence electrons. The first-order valence-electron chi connectivity index (χ1n) is 8.71. The predicted octanol–water partition coefficient (Wildman–Crippen LogP) is 3.02. The maximum atomic E-state index is 12.4. The highest BCUT2D eigenvalue weighted by atomic mass is 79.9. The third kappa shape index (κ3) is 5.63. The Morgan fingerprint density at radius 3 is 2.07 bits per heavy atom. The van der Waals surface area contributed by atoms with Crippen LogP contribution in [0, 0.1) is 0 Å². The summed E-state index contributed by atoms with van der Waals surface area (Å²) in [6.07, 6.45) is 0. The van der Waals surface area contributed by atoms with Crippen LogP contribution in [0.5, 0.6) is 17.2 Å². The molecule has 2 N–H and O–H groups in total. The van der Waals surface area contributed by atoms with Crippen LogP contribution in [0.3, 0.4) is 0 Å².